The summed E-state index contributed by atoms with van der Waals surface area (Å²) in [6, 6.07) is 1.66. The van der Waals surface area contributed by atoms with E-state index in [9.17, 15) is 9.90 Å². The van der Waals surface area contributed by atoms with Gasteiger partial charge >= 0.3 is 5.91 Å². The standard InChI is InChI=1S/C12H19N3O4/c1-8-9(4-11(19-8)12(17)14-13)5-15-2-3-18-7-10(15)6-16/h4,10,16H,2-3,5-7,13H2,1H3,(H,14,17). The molecule has 1 aliphatic rings. The maximum Gasteiger partial charge on any atom is 0.300 e. The smallest absolute Gasteiger partial charge is 0.300 e. The van der Waals surface area contributed by atoms with Crippen molar-refractivity contribution in [3.05, 3.63) is 23.2 Å². The van der Waals surface area contributed by atoms with Crippen LogP contribution in [0.5, 0.6) is 0 Å². The van der Waals surface area contributed by atoms with Crippen molar-refractivity contribution in [3.63, 3.8) is 0 Å². The van der Waals surface area contributed by atoms with E-state index >= 15 is 0 Å². The van der Waals surface area contributed by atoms with E-state index in [1.807, 2.05) is 5.43 Å². The number of hydrogen-bond donors (Lipinski definition) is 3. The Labute approximate surface area is 111 Å². The number of hydrazine groups is 1. The van der Waals surface area contributed by atoms with Gasteiger partial charge in [-0.25, -0.2) is 5.84 Å². The summed E-state index contributed by atoms with van der Waals surface area (Å²) in [6.07, 6.45) is 0. The van der Waals surface area contributed by atoms with Gasteiger partial charge in [0.1, 0.15) is 5.76 Å². The van der Waals surface area contributed by atoms with Crippen molar-refractivity contribution >= 4 is 5.91 Å². The summed E-state index contributed by atoms with van der Waals surface area (Å²) >= 11 is 0. The van der Waals surface area contributed by atoms with E-state index in [1.165, 1.54) is 0 Å². The van der Waals surface area contributed by atoms with E-state index in [1.54, 1.807) is 13.0 Å². The fourth-order valence-corrected chi connectivity index (χ4v) is 2.14. The zero-order chi connectivity index (χ0) is 13.8. The normalized spacial score (nSPS) is 20.5. The molecule has 2 rings (SSSR count). The van der Waals surface area contributed by atoms with Gasteiger partial charge in [-0.15, -0.1) is 0 Å². The summed E-state index contributed by atoms with van der Waals surface area (Å²) in [6.45, 7) is 4.37. The van der Waals surface area contributed by atoms with Gasteiger partial charge in [0.25, 0.3) is 0 Å². The van der Waals surface area contributed by atoms with Gasteiger partial charge in [0.05, 0.1) is 25.9 Å². The fourth-order valence-electron chi connectivity index (χ4n) is 2.14. The molecule has 1 aromatic heterocycles. The minimum Gasteiger partial charge on any atom is -0.456 e. The second-order valence-corrected chi connectivity index (χ2v) is 4.55. The molecule has 7 heteroatoms. The van der Waals surface area contributed by atoms with Crippen molar-refractivity contribution in [1.82, 2.24) is 10.3 Å². The third kappa shape index (κ3) is 3.13. The van der Waals surface area contributed by atoms with Gasteiger partial charge < -0.3 is 14.3 Å². The van der Waals surface area contributed by atoms with Crippen LogP contribution in [0, 0.1) is 6.92 Å². The number of carbonyl (C=O) groups excluding carboxylic acids is 1. The van der Waals surface area contributed by atoms with E-state index < -0.39 is 5.91 Å². The number of carbonyl (C=O) groups is 1. The van der Waals surface area contributed by atoms with Crippen LogP contribution in [-0.2, 0) is 11.3 Å². The number of ether oxygens (including phenoxy) is 1. The van der Waals surface area contributed by atoms with Gasteiger partial charge in [-0.2, -0.15) is 0 Å². The number of amides is 1. The maximum absolute atomic E-state index is 11.4. The molecule has 0 aromatic carbocycles. The molecule has 1 aliphatic heterocycles. The Morgan fingerprint density at radius 2 is 2.47 bits per heavy atom. The van der Waals surface area contributed by atoms with Gasteiger partial charge in [0, 0.05) is 18.7 Å². The lowest BCUT2D eigenvalue weighted by Crippen LogP contribution is -2.46. The summed E-state index contributed by atoms with van der Waals surface area (Å²) in [5, 5.41) is 9.31. The van der Waals surface area contributed by atoms with Crippen molar-refractivity contribution < 1.29 is 19.1 Å². The van der Waals surface area contributed by atoms with E-state index in [0.717, 1.165) is 12.1 Å². The van der Waals surface area contributed by atoms with Crippen LogP contribution in [0.15, 0.2) is 10.5 Å². The summed E-state index contributed by atoms with van der Waals surface area (Å²) in [5.41, 5.74) is 2.95. The lowest BCUT2D eigenvalue weighted by atomic mass is 10.1. The van der Waals surface area contributed by atoms with Crippen molar-refractivity contribution in [2.24, 2.45) is 5.84 Å². The predicted molar refractivity (Wildman–Crippen MR) is 67.2 cm³/mol. The number of aliphatic hydroxyl groups excluding tert-OH is 1. The SMILES string of the molecule is Cc1oc(C(=O)NN)cc1CN1CCOCC1CO. The molecule has 0 saturated carbocycles. The number of furan rings is 1. The Bertz CT molecular complexity index is 446. The minimum atomic E-state index is -0.449. The number of nitrogens with zero attached hydrogens (tertiary/aromatic N) is 1. The topological polar surface area (TPSA) is 101 Å². The Morgan fingerprint density at radius 1 is 1.68 bits per heavy atom. The van der Waals surface area contributed by atoms with Gasteiger partial charge in [0.2, 0.25) is 0 Å². The van der Waals surface area contributed by atoms with Crippen LogP contribution in [0.2, 0.25) is 0 Å². The first kappa shape index (κ1) is 14.0. The number of nitrogen functional groups attached to an aromatic ring is 1. The molecule has 1 unspecified atom stereocenters. The molecule has 0 bridgehead atoms. The molecule has 1 amide bonds. The lowest BCUT2D eigenvalue weighted by molar-refractivity contribution is -0.0314. The average molecular weight is 269 g/mol. The molecule has 0 radical (unpaired) electrons. The first-order chi connectivity index (χ1) is 9.15. The molecule has 1 atom stereocenters. The van der Waals surface area contributed by atoms with Gasteiger partial charge in [-0.05, 0) is 13.0 Å². The highest BCUT2D eigenvalue weighted by atomic mass is 16.5. The Kier molecular flexibility index (Phi) is 4.54. The molecule has 1 aromatic rings. The molecule has 19 heavy (non-hydrogen) atoms. The van der Waals surface area contributed by atoms with E-state index in [2.05, 4.69) is 4.90 Å². The van der Waals surface area contributed by atoms with Crippen LogP contribution in [0.3, 0.4) is 0 Å². The van der Waals surface area contributed by atoms with Crippen LogP contribution in [-0.4, -0.2) is 48.3 Å². The zero-order valence-electron chi connectivity index (χ0n) is 10.9. The monoisotopic (exact) mass is 269 g/mol. The fraction of sp³-hybridized carbons (Fsp3) is 0.583. The summed E-state index contributed by atoms with van der Waals surface area (Å²) in [5.74, 6) is 5.50. The number of aryl methyl sites for hydroxylation is 1. The number of morpholine rings is 1. The van der Waals surface area contributed by atoms with Gasteiger partial charge in [-0.1, -0.05) is 0 Å². The Balaban J connectivity index is 2.09. The molecule has 1 fully saturated rings. The van der Waals surface area contributed by atoms with Crippen molar-refractivity contribution in [2.45, 2.75) is 19.5 Å². The minimum absolute atomic E-state index is 0.0187. The summed E-state index contributed by atoms with van der Waals surface area (Å²) in [7, 11) is 0. The molecule has 4 N–H and O–H groups in total. The first-order valence-corrected chi connectivity index (χ1v) is 6.18. The van der Waals surface area contributed by atoms with E-state index in [-0.39, 0.29) is 18.4 Å². The molecule has 0 aliphatic carbocycles. The molecule has 106 valence electrons. The molecule has 2 heterocycles. The lowest BCUT2D eigenvalue weighted by Gasteiger charge is -2.34. The first-order valence-electron chi connectivity index (χ1n) is 6.18. The third-order valence-electron chi connectivity index (χ3n) is 3.31. The number of nitrogens with two attached hydrogens (primary N) is 1. The van der Waals surface area contributed by atoms with Crippen molar-refractivity contribution in [1.29, 1.82) is 0 Å². The van der Waals surface area contributed by atoms with Crippen LogP contribution in [0.25, 0.3) is 0 Å². The average Bonchev–Trinajstić information content (AvgIpc) is 2.80. The Hall–Kier alpha value is -1.41. The summed E-state index contributed by atoms with van der Waals surface area (Å²) < 4.78 is 10.7. The predicted octanol–water partition coefficient (Wildman–Crippen LogP) is -0.615. The van der Waals surface area contributed by atoms with Crippen LogP contribution in [0.4, 0.5) is 0 Å². The number of nitrogens with one attached hydrogen (secondary N) is 1. The molecule has 7 nitrogen and oxygen atoms in total. The van der Waals surface area contributed by atoms with E-state index in [4.69, 9.17) is 15.0 Å². The summed E-state index contributed by atoms with van der Waals surface area (Å²) in [4.78, 5) is 13.5. The van der Waals surface area contributed by atoms with Crippen molar-refractivity contribution in [3.8, 4) is 0 Å². The van der Waals surface area contributed by atoms with Crippen LogP contribution >= 0.6 is 0 Å². The van der Waals surface area contributed by atoms with Crippen molar-refractivity contribution in [2.75, 3.05) is 26.4 Å². The third-order valence-corrected chi connectivity index (χ3v) is 3.31. The van der Waals surface area contributed by atoms with Gasteiger partial charge in [-0.3, -0.25) is 15.1 Å². The van der Waals surface area contributed by atoms with Crippen LogP contribution < -0.4 is 11.3 Å². The zero-order valence-corrected chi connectivity index (χ0v) is 10.9. The molecular formula is C12H19N3O4. The molecular weight excluding hydrogens is 250 g/mol. The maximum atomic E-state index is 11.4. The largest absolute Gasteiger partial charge is 0.456 e. The highest BCUT2D eigenvalue weighted by Crippen LogP contribution is 2.19. The highest BCUT2D eigenvalue weighted by molar-refractivity contribution is 5.91. The second kappa shape index (κ2) is 6.16. The van der Waals surface area contributed by atoms with Gasteiger partial charge in [0.15, 0.2) is 5.76 Å². The number of rotatable bonds is 4. The number of hydrogen-bond acceptors (Lipinski definition) is 6. The van der Waals surface area contributed by atoms with E-state index in [0.29, 0.717) is 25.5 Å². The Morgan fingerprint density at radius 3 is 3.16 bits per heavy atom. The number of aliphatic hydroxyl groups is 1. The quantitative estimate of drug-likeness (QED) is 0.383. The molecule has 0 spiro atoms. The highest BCUT2D eigenvalue weighted by Gasteiger charge is 2.24. The van der Waals surface area contributed by atoms with Crippen LogP contribution in [0.1, 0.15) is 21.9 Å². The molecule has 1 saturated heterocycles. The second-order valence-electron chi connectivity index (χ2n) is 4.55.